The van der Waals surface area contributed by atoms with E-state index in [0.29, 0.717) is 18.4 Å². The van der Waals surface area contributed by atoms with Gasteiger partial charge in [0.2, 0.25) is 5.91 Å². The Kier molecular flexibility index (Phi) is 6.33. The molecular formula is C25H23N5O3. The first-order chi connectivity index (χ1) is 15.9. The number of nitriles is 1. The molecule has 2 aromatic carbocycles. The van der Waals surface area contributed by atoms with Gasteiger partial charge in [0.15, 0.2) is 5.58 Å². The van der Waals surface area contributed by atoms with Crippen LogP contribution in [0.2, 0.25) is 0 Å². The summed E-state index contributed by atoms with van der Waals surface area (Å²) in [5, 5.41) is 12.2. The van der Waals surface area contributed by atoms with Crippen molar-refractivity contribution in [1.29, 1.82) is 5.26 Å². The highest BCUT2D eigenvalue weighted by Crippen LogP contribution is 2.24. The number of benzene rings is 2. The summed E-state index contributed by atoms with van der Waals surface area (Å²) >= 11 is 0. The molecule has 166 valence electrons. The van der Waals surface area contributed by atoms with E-state index in [9.17, 15) is 14.9 Å². The van der Waals surface area contributed by atoms with E-state index < -0.39 is 17.8 Å². The van der Waals surface area contributed by atoms with Crippen LogP contribution in [0.3, 0.4) is 0 Å². The average molecular weight is 441 g/mol. The Labute approximate surface area is 190 Å². The highest BCUT2D eigenvalue weighted by atomic mass is 16.4. The topological polar surface area (TPSA) is 127 Å². The monoisotopic (exact) mass is 441 g/mol. The number of fused-ring (bicyclic) bond motifs is 1. The smallest absolute Gasteiger partial charge is 0.408 e. The molecule has 0 fully saturated rings. The number of aromatic nitrogens is 2. The van der Waals surface area contributed by atoms with Crippen LogP contribution in [0.15, 0.2) is 76.2 Å². The fraction of sp³-hybridized carbons (Fsp3) is 0.200. The number of hydrogen-bond acceptors (Lipinski definition) is 6. The second-order valence-electron chi connectivity index (χ2n) is 7.87. The highest BCUT2D eigenvalue weighted by molar-refractivity contribution is 5.82. The molecule has 33 heavy (non-hydrogen) atoms. The third-order valence-corrected chi connectivity index (χ3v) is 5.51. The molecule has 2 atom stereocenters. The standard InChI is InChI=1S/C25H23N5O3/c1-30-22-13-19(8-9-23(22)33-25(30)32)18-6-4-16(5-7-18)11-20(14-26)29-24(31)21(27)12-17-3-2-10-28-15-17/h2-10,13,15,20-21H,11-12,27H2,1H3,(H,29,31)/t20-,21-/m0/s1. The van der Waals surface area contributed by atoms with Gasteiger partial charge in [-0.2, -0.15) is 5.26 Å². The molecule has 0 bridgehead atoms. The number of nitrogens with two attached hydrogens (primary N) is 1. The van der Waals surface area contributed by atoms with E-state index >= 15 is 0 Å². The first kappa shape index (κ1) is 22.0. The molecule has 0 aliphatic heterocycles. The Morgan fingerprint density at radius 2 is 1.91 bits per heavy atom. The first-order valence-electron chi connectivity index (χ1n) is 10.5. The van der Waals surface area contributed by atoms with E-state index in [1.807, 2.05) is 42.5 Å². The van der Waals surface area contributed by atoms with Gasteiger partial charge in [-0.05, 0) is 46.9 Å². The van der Waals surface area contributed by atoms with Crippen molar-refractivity contribution in [2.45, 2.75) is 24.9 Å². The van der Waals surface area contributed by atoms with Gasteiger partial charge < -0.3 is 15.5 Å². The van der Waals surface area contributed by atoms with Gasteiger partial charge in [0, 0.05) is 25.9 Å². The Bertz CT molecular complexity index is 1370. The lowest BCUT2D eigenvalue weighted by atomic mass is 10.0. The Balaban J connectivity index is 1.41. The predicted molar refractivity (Wildman–Crippen MR) is 124 cm³/mol. The van der Waals surface area contributed by atoms with Crippen molar-refractivity contribution in [1.82, 2.24) is 14.9 Å². The summed E-state index contributed by atoms with van der Waals surface area (Å²) in [6.07, 6.45) is 4.03. The van der Waals surface area contributed by atoms with Crippen molar-refractivity contribution in [3.8, 4) is 17.2 Å². The minimum atomic E-state index is -0.763. The van der Waals surface area contributed by atoms with Gasteiger partial charge in [0.25, 0.3) is 0 Å². The lowest BCUT2D eigenvalue weighted by Crippen LogP contribution is -2.46. The summed E-state index contributed by atoms with van der Waals surface area (Å²) in [5.74, 6) is -0.775. The maximum Gasteiger partial charge on any atom is 0.419 e. The van der Waals surface area contributed by atoms with Crippen molar-refractivity contribution < 1.29 is 9.21 Å². The maximum absolute atomic E-state index is 12.4. The molecule has 1 amide bonds. The first-order valence-corrected chi connectivity index (χ1v) is 10.5. The molecular weight excluding hydrogens is 418 g/mol. The molecule has 0 aliphatic carbocycles. The van der Waals surface area contributed by atoms with Gasteiger partial charge in [0.1, 0.15) is 6.04 Å². The summed E-state index contributed by atoms with van der Waals surface area (Å²) in [7, 11) is 1.67. The Morgan fingerprint density at radius 3 is 2.61 bits per heavy atom. The number of amides is 1. The van der Waals surface area contributed by atoms with Gasteiger partial charge >= 0.3 is 5.76 Å². The van der Waals surface area contributed by atoms with Crippen LogP contribution in [0.4, 0.5) is 0 Å². The third kappa shape index (κ3) is 5.00. The van der Waals surface area contributed by atoms with Gasteiger partial charge in [-0.15, -0.1) is 0 Å². The number of oxazole rings is 1. The second-order valence-corrected chi connectivity index (χ2v) is 7.87. The summed E-state index contributed by atoms with van der Waals surface area (Å²) in [6.45, 7) is 0. The van der Waals surface area contributed by atoms with Gasteiger partial charge in [-0.1, -0.05) is 36.4 Å². The molecule has 2 heterocycles. The van der Waals surface area contributed by atoms with E-state index in [1.54, 1.807) is 31.6 Å². The van der Waals surface area contributed by atoms with E-state index in [1.165, 1.54) is 4.57 Å². The van der Waals surface area contributed by atoms with Crippen LogP contribution in [0.25, 0.3) is 22.2 Å². The molecule has 4 rings (SSSR count). The molecule has 0 unspecified atom stereocenters. The second kappa shape index (κ2) is 9.51. The summed E-state index contributed by atoms with van der Waals surface area (Å²) in [4.78, 5) is 28.2. The summed E-state index contributed by atoms with van der Waals surface area (Å²) < 4.78 is 6.64. The van der Waals surface area contributed by atoms with Crippen molar-refractivity contribution in [3.63, 3.8) is 0 Å². The van der Waals surface area contributed by atoms with E-state index in [-0.39, 0.29) is 5.91 Å². The average Bonchev–Trinajstić information content (AvgIpc) is 3.12. The van der Waals surface area contributed by atoms with Crippen molar-refractivity contribution >= 4 is 17.0 Å². The number of hydrogen-bond donors (Lipinski definition) is 2. The number of nitrogens with zero attached hydrogens (tertiary/aromatic N) is 3. The minimum Gasteiger partial charge on any atom is -0.408 e. The highest BCUT2D eigenvalue weighted by Gasteiger charge is 2.19. The van der Waals surface area contributed by atoms with Crippen LogP contribution in [-0.2, 0) is 24.7 Å². The minimum absolute atomic E-state index is 0.346. The molecule has 8 heteroatoms. The Morgan fingerprint density at radius 1 is 1.15 bits per heavy atom. The lowest BCUT2D eigenvalue weighted by molar-refractivity contribution is -0.122. The molecule has 0 spiro atoms. The molecule has 0 radical (unpaired) electrons. The molecule has 0 saturated heterocycles. The number of nitrogens with one attached hydrogen (secondary N) is 1. The SMILES string of the molecule is Cn1c(=O)oc2ccc(-c3ccc(C[C@@H](C#N)NC(=O)[C@@H](N)Cc4cccnc4)cc3)cc21. The molecule has 8 nitrogen and oxygen atoms in total. The van der Waals surface area contributed by atoms with Crippen LogP contribution in [0, 0.1) is 11.3 Å². The van der Waals surface area contributed by atoms with Crippen LogP contribution < -0.4 is 16.8 Å². The van der Waals surface area contributed by atoms with Crippen molar-refractivity contribution in [2.75, 3.05) is 0 Å². The largest absolute Gasteiger partial charge is 0.419 e. The molecule has 4 aromatic rings. The van der Waals surface area contributed by atoms with Crippen LogP contribution in [0.1, 0.15) is 11.1 Å². The fourth-order valence-electron chi connectivity index (χ4n) is 3.65. The van der Waals surface area contributed by atoms with Gasteiger partial charge in [-0.25, -0.2) is 4.79 Å². The number of pyridine rings is 1. The summed E-state index contributed by atoms with van der Waals surface area (Å²) in [5.41, 5.74) is 10.9. The van der Waals surface area contributed by atoms with Gasteiger partial charge in [-0.3, -0.25) is 14.3 Å². The number of carbonyl (C=O) groups is 1. The molecule has 2 aromatic heterocycles. The van der Waals surface area contributed by atoms with E-state index in [0.717, 1.165) is 27.8 Å². The summed E-state index contributed by atoms with van der Waals surface area (Å²) in [6, 6.07) is 17.6. The van der Waals surface area contributed by atoms with Crippen molar-refractivity contribution in [3.05, 3.63) is 88.7 Å². The zero-order valence-electron chi connectivity index (χ0n) is 18.1. The molecule has 0 saturated carbocycles. The van der Waals surface area contributed by atoms with Crippen LogP contribution >= 0.6 is 0 Å². The quantitative estimate of drug-likeness (QED) is 0.453. The van der Waals surface area contributed by atoms with Crippen LogP contribution in [0.5, 0.6) is 0 Å². The number of aryl methyl sites for hydroxylation is 1. The molecule has 0 aliphatic rings. The third-order valence-electron chi connectivity index (χ3n) is 5.51. The van der Waals surface area contributed by atoms with Gasteiger partial charge in [0.05, 0.1) is 17.6 Å². The van der Waals surface area contributed by atoms with Crippen molar-refractivity contribution in [2.24, 2.45) is 12.8 Å². The fourth-order valence-corrected chi connectivity index (χ4v) is 3.65. The molecule has 3 N–H and O–H groups in total. The van der Waals surface area contributed by atoms with Crippen LogP contribution in [-0.4, -0.2) is 27.5 Å². The number of rotatable bonds is 7. The zero-order chi connectivity index (χ0) is 23.4. The maximum atomic E-state index is 12.4. The van der Waals surface area contributed by atoms with E-state index in [4.69, 9.17) is 10.2 Å². The normalized spacial score (nSPS) is 12.8. The Hall–Kier alpha value is -4.22. The number of carbonyl (C=O) groups excluding carboxylic acids is 1. The van der Waals surface area contributed by atoms with E-state index in [2.05, 4.69) is 16.4 Å². The zero-order valence-corrected chi connectivity index (χ0v) is 18.1. The lowest BCUT2D eigenvalue weighted by Gasteiger charge is -2.16. The predicted octanol–water partition coefficient (Wildman–Crippen LogP) is 2.31.